The third-order valence-corrected chi connectivity index (χ3v) is 2.04. The molecule has 0 bridgehead atoms. The van der Waals surface area contributed by atoms with Gasteiger partial charge in [-0.3, -0.25) is 4.98 Å². The van der Waals surface area contributed by atoms with Crippen LogP contribution in [-0.4, -0.2) is 29.0 Å². The molecule has 0 aliphatic heterocycles. The van der Waals surface area contributed by atoms with E-state index in [9.17, 15) is 0 Å². The van der Waals surface area contributed by atoms with Crippen LogP contribution >= 0.6 is 0 Å². The minimum absolute atomic E-state index is 0.756. The highest BCUT2D eigenvalue weighted by atomic mass is 15.2. The molecule has 0 aromatic carbocycles. The Kier molecular flexibility index (Phi) is 2.95. The first-order valence-electron chi connectivity index (χ1n) is 4.92. The number of hydrogen-bond acceptors (Lipinski definition) is 5. The lowest BCUT2D eigenvalue weighted by molar-refractivity contribution is 1.04. The van der Waals surface area contributed by atoms with Gasteiger partial charge in [0.05, 0.1) is 11.9 Å². The topological polar surface area (TPSA) is 53.9 Å². The molecule has 0 unspecified atom stereocenters. The van der Waals surface area contributed by atoms with Crippen molar-refractivity contribution in [3.05, 3.63) is 36.9 Å². The van der Waals surface area contributed by atoms with Gasteiger partial charge in [0, 0.05) is 26.4 Å². The van der Waals surface area contributed by atoms with Crippen LogP contribution in [0.5, 0.6) is 0 Å². The molecule has 0 saturated carbocycles. The molecule has 0 amide bonds. The third-order valence-electron chi connectivity index (χ3n) is 2.04. The maximum Gasteiger partial charge on any atom is 0.135 e. The average molecular weight is 215 g/mol. The number of hydrogen-bond donors (Lipinski definition) is 1. The quantitative estimate of drug-likeness (QED) is 0.844. The average Bonchev–Trinajstić information content (AvgIpc) is 2.30. The first kappa shape index (κ1) is 10.4. The number of pyridine rings is 1. The zero-order valence-corrected chi connectivity index (χ0v) is 9.25. The smallest absolute Gasteiger partial charge is 0.135 e. The first-order chi connectivity index (χ1) is 7.75. The highest BCUT2D eigenvalue weighted by Crippen LogP contribution is 2.15. The van der Waals surface area contributed by atoms with Gasteiger partial charge in [-0.2, -0.15) is 0 Å². The van der Waals surface area contributed by atoms with Crippen molar-refractivity contribution < 1.29 is 0 Å². The van der Waals surface area contributed by atoms with Gasteiger partial charge in [-0.15, -0.1) is 0 Å². The molecule has 2 aromatic heterocycles. The van der Waals surface area contributed by atoms with E-state index in [-0.39, 0.29) is 0 Å². The Balaban J connectivity index is 2.19. The monoisotopic (exact) mass is 215 g/mol. The first-order valence-corrected chi connectivity index (χ1v) is 4.92. The fourth-order valence-corrected chi connectivity index (χ4v) is 1.24. The van der Waals surface area contributed by atoms with Gasteiger partial charge in [0.25, 0.3) is 0 Å². The van der Waals surface area contributed by atoms with Crippen LogP contribution in [0.2, 0.25) is 0 Å². The van der Waals surface area contributed by atoms with Crippen molar-refractivity contribution in [1.82, 2.24) is 15.0 Å². The van der Waals surface area contributed by atoms with Crippen molar-refractivity contribution in [3.63, 3.8) is 0 Å². The molecular formula is C11H13N5. The van der Waals surface area contributed by atoms with E-state index in [1.807, 2.05) is 37.2 Å². The highest BCUT2D eigenvalue weighted by Gasteiger charge is 2.00. The van der Waals surface area contributed by atoms with Crippen LogP contribution in [0.15, 0.2) is 36.9 Å². The molecule has 0 spiro atoms. The largest absolute Gasteiger partial charge is 0.363 e. The number of nitrogens with zero attached hydrogens (tertiary/aromatic N) is 4. The van der Waals surface area contributed by atoms with Gasteiger partial charge in [0.2, 0.25) is 0 Å². The molecule has 0 atom stereocenters. The second-order valence-corrected chi connectivity index (χ2v) is 3.52. The molecule has 16 heavy (non-hydrogen) atoms. The van der Waals surface area contributed by atoms with Crippen molar-refractivity contribution in [2.75, 3.05) is 24.3 Å². The molecule has 0 aliphatic rings. The maximum absolute atomic E-state index is 4.14. The van der Waals surface area contributed by atoms with E-state index in [1.54, 1.807) is 12.4 Å². The van der Waals surface area contributed by atoms with Crippen LogP contribution in [-0.2, 0) is 0 Å². The highest BCUT2D eigenvalue weighted by molar-refractivity contribution is 5.57. The molecule has 0 saturated heterocycles. The Morgan fingerprint density at radius 2 is 2.12 bits per heavy atom. The lowest BCUT2D eigenvalue weighted by atomic mass is 10.4. The summed E-state index contributed by atoms with van der Waals surface area (Å²) < 4.78 is 0. The van der Waals surface area contributed by atoms with E-state index in [4.69, 9.17) is 0 Å². The summed E-state index contributed by atoms with van der Waals surface area (Å²) in [5.41, 5.74) is 0.908. The molecule has 0 radical (unpaired) electrons. The van der Waals surface area contributed by atoms with Gasteiger partial charge in [-0.1, -0.05) is 0 Å². The van der Waals surface area contributed by atoms with Crippen molar-refractivity contribution in [1.29, 1.82) is 0 Å². The predicted molar refractivity (Wildman–Crippen MR) is 63.9 cm³/mol. The Labute approximate surface area is 94.2 Å². The number of rotatable bonds is 3. The lowest BCUT2D eigenvalue weighted by Gasteiger charge is -2.12. The van der Waals surface area contributed by atoms with Crippen LogP contribution in [0.1, 0.15) is 0 Å². The van der Waals surface area contributed by atoms with Crippen molar-refractivity contribution >= 4 is 17.3 Å². The normalized spacial score (nSPS) is 9.88. The molecule has 5 nitrogen and oxygen atoms in total. The summed E-state index contributed by atoms with van der Waals surface area (Å²) in [5, 5.41) is 3.16. The standard InChI is InChI=1S/C11H13N5/c1-16(2)11-6-10(13-8-14-11)15-9-4-3-5-12-7-9/h3-8H,1-2H3,(H,13,14,15). The second-order valence-electron chi connectivity index (χ2n) is 3.52. The summed E-state index contributed by atoms with van der Waals surface area (Å²) in [6.45, 7) is 0. The molecule has 2 heterocycles. The number of anilines is 3. The van der Waals surface area contributed by atoms with E-state index in [2.05, 4.69) is 20.3 Å². The minimum Gasteiger partial charge on any atom is -0.363 e. The van der Waals surface area contributed by atoms with Crippen LogP contribution in [0.4, 0.5) is 17.3 Å². The zero-order chi connectivity index (χ0) is 11.4. The van der Waals surface area contributed by atoms with Crippen molar-refractivity contribution in [3.8, 4) is 0 Å². The Hall–Kier alpha value is -2.17. The van der Waals surface area contributed by atoms with Crippen molar-refractivity contribution in [2.45, 2.75) is 0 Å². The van der Waals surface area contributed by atoms with Gasteiger partial charge in [0.15, 0.2) is 0 Å². The summed E-state index contributed by atoms with van der Waals surface area (Å²) in [4.78, 5) is 14.2. The Bertz CT molecular complexity index is 455. The summed E-state index contributed by atoms with van der Waals surface area (Å²) in [6.07, 6.45) is 5.02. The number of aromatic nitrogens is 3. The van der Waals surface area contributed by atoms with Crippen LogP contribution < -0.4 is 10.2 Å². The zero-order valence-electron chi connectivity index (χ0n) is 9.25. The Morgan fingerprint density at radius 3 is 2.81 bits per heavy atom. The molecule has 0 fully saturated rings. The second kappa shape index (κ2) is 4.57. The summed E-state index contributed by atoms with van der Waals surface area (Å²) >= 11 is 0. The fourth-order valence-electron chi connectivity index (χ4n) is 1.24. The van der Waals surface area contributed by atoms with E-state index in [0.29, 0.717) is 0 Å². The van der Waals surface area contributed by atoms with Crippen molar-refractivity contribution in [2.24, 2.45) is 0 Å². The fraction of sp³-hybridized carbons (Fsp3) is 0.182. The summed E-state index contributed by atoms with van der Waals surface area (Å²) in [5.74, 6) is 1.62. The number of nitrogens with one attached hydrogen (secondary N) is 1. The van der Waals surface area contributed by atoms with E-state index in [1.165, 1.54) is 6.33 Å². The summed E-state index contributed by atoms with van der Waals surface area (Å²) in [7, 11) is 3.88. The maximum atomic E-state index is 4.14. The van der Waals surface area contributed by atoms with Gasteiger partial charge >= 0.3 is 0 Å². The van der Waals surface area contributed by atoms with Gasteiger partial charge in [-0.25, -0.2) is 9.97 Å². The van der Waals surface area contributed by atoms with E-state index >= 15 is 0 Å². The molecule has 1 N–H and O–H groups in total. The molecular weight excluding hydrogens is 202 g/mol. The van der Waals surface area contributed by atoms with E-state index < -0.39 is 0 Å². The van der Waals surface area contributed by atoms with Crippen LogP contribution in [0.3, 0.4) is 0 Å². The van der Waals surface area contributed by atoms with Gasteiger partial charge < -0.3 is 10.2 Å². The molecule has 82 valence electrons. The minimum atomic E-state index is 0.756. The molecule has 0 aliphatic carbocycles. The van der Waals surface area contributed by atoms with E-state index in [0.717, 1.165) is 17.3 Å². The summed E-state index contributed by atoms with van der Waals surface area (Å²) in [6, 6.07) is 5.69. The lowest BCUT2D eigenvalue weighted by Crippen LogP contribution is -2.11. The van der Waals surface area contributed by atoms with Gasteiger partial charge in [0.1, 0.15) is 18.0 Å². The SMILES string of the molecule is CN(C)c1cc(Nc2cccnc2)ncn1. The molecule has 5 heteroatoms. The van der Waals surface area contributed by atoms with Gasteiger partial charge in [-0.05, 0) is 12.1 Å². The third kappa shape index (κ3) is 2.44. The Morgan fingerprint density at radius 1 is 1.25 bits per heavy atom. The predicted octanol–water partition coefficient (Wildman–Crippen LogP) is 1.68. The van der Waals surface area contributed by atoms with Crippen LogP contribution in [0.25, 0.3) is 0 Å². The van der Waals surface area contributed by atoms with Crippen LogP contribution in [0, 0.1) is 0 Å². The molecule has 2 aromatic rings. The molecule has 2 rings (SSSR count).